The zero-order valence-electron chi connectivity index (χ0n) is 13.8. The van der Waals surface area contributed by atoms with Gasteiger partial charge in [0, 0.05) is 12.2 Å². The Hall–Kier alpha value is -3.74. The maximum absolute atomic E-state index is 12.3. The first-order chi connectivity index (χ1) is 12.6. The summed E-state index contributed by atoms with van der Waals surface area (Å²) in [7, 11) is 0. The van der Waals surface area contributed by atoms with E-state index in [0.29, 0.717) is 5.69 Å². The Balaban J connectivity index is 1.80. The number of aromatic nitrogens is 2. The largest absolute Gasteiger partial charge is 0.347 e. The number of nitrogens with one attached hydrogen (secondary N) is 4. The topological polar surface area (TPSA) is 111 Å². The smallest absolute Gasteiger partial charge is 0.270 e. The van der Waals surface area contributed by atoms with E-state index in [9.17, 15) is 9.59 Å². The number of benzene rings is 2. The van der Waals surface area contributed by atoms with Gasteiger partial charge in [0.1, 0.15) is 17.1 Å². The lowest BCUT2D eigenvalue weighted by atomic mass is 10.1. The Morgan fingerprint density at radius 3 is 2.38 bits per heavy atom. The molecule has 0 aliphatic heterocycles. The predicted octanol–water partition coefficient (Wildman–Crippen LogP) is 2.20. The Morgan fingerprint density at radius 2 is 1.69 bits per heavy atom. The third-order valence-corrected chi connectivity index (χ3v) is 3.66. The Labute approximate surface area is 149 Å². The molecule has 1 aromatic heterocycles. The van der Waals surface area contributed by atoms with Crippen LogP contribution in [0.3, 0.4) is 0 Å². The van der Waals surface area contributed by atoms with Crippen LogP contribution in [0, 0.1) is 5.41 Å². The van der Waals surface area contributed by atoms with Gasteiger partial charge in [-0.25, -0.2) is 4.98 Å². The van der Waals surface area contributed by atoms with E-state index in [-0.39, 0.29) is 17.9 Å². The van der Waals surface area contributed by atoms with Crippen molar-refractivity contribution in [1.82, 2.24) is 15.3 Å². The van der Waals surface area contributed by atoms with Gasteiger partial charge in [0.25, 0.3) is 11.5 Å². The molecule has 0 aliphatic rings. The van der Waals surface area contributed by atoms with Crippen LogP contribution in [0.1, 0.15) is 11.1 Å². The number of nitrogens with zero attached hydrogens (tertiary/aromatic N) is 1. The molecule has 0 unspecified atom stereocenters. The maximum atomic E-state index is 12.3. The monoisotopic (exact) mass is 347 g/mol. The van der Waals surface area contributed by atoms with Gasteiger partial charge in [0.05, 0.1) is 6.33 Å². The fourth-order valence-electron chi connectivity index (χ4n) is 2.36. The third kappa shape index (κ3) is 4.02. The number of para-hydroxylation sites is 1. The van der Waals surface area contributed by atoms with Crippen LogP contribution >= 0.6 is 0 Å². The van der Waals surface area contributed by atoms with Gasteiger partial charge in [-0.2, -0.15) is 0 Å². The molecular weight excluding hydrogens is 330 g/mol. The van der Waals surface area contributed by atoms with Crippen molar-refractivity contribution in [3.8, 4) is 0 Å². The van der Waals surface area contributed by atoms with E-state index in [1.165, 1.54) is 6.33 Å². The fourth-order valence-corrected chi connectivity index (χ4v) is 2.36. The summed E-state index contributed by atoms with van der Waals surface area (Å²) in [4.78, 5) is 31.0. The van der Waals surface area contributed by atoms with Crippen molar-refractivity contribution in [2.45, 2.75) is 6.54 Å². The summed E-state index contributed by atoms with van der Waals surface area (Å²) in [5.74, 6) is -0.497. The van der Waals surface area contributed by atoms with Gasteiger partial charge in [0.2, 0.25) is 0 Å². The summed E-state index contributed by atoms with van der Waals surface area (Å²) in [6.45, 7) is 0.266. The van der Waals surface area contributed by atoms with Crippen LogP contribution < -0.4 is 16.2 Å². The van der Waals surface area contributed by atoms with Crippen LogP contribution in [-0.2, 0) is 11.3 Å². The number of hydrogen-bond acceptors (Lipinski definition) is 5. The van der Waals surface area contributed by atoms with Crippen molar-refractivity contribution in [2.75, 3.05) is 5.32 Å². The summed E-state index contributed by atoms with van der Waals surface area (Å²) in [6.07, 6.45) is 1.23. The molecule has 0 bridgehead atoms. The lowest BCUT2D eigenvalue weighted by Crippen LogP contribution is -2.34. The number of aromatic amines is 1. The Kier molecular flexibility index (Phi) is 5.19. The molecule has 1 amide bonds. The quantitative estimate of drug-likeness (QED) is 0.512. The second-order valence-electron chi connectivity index (χ2n) is 5.49. The van der Waals surface area contributed by atoms with Gasteiger partial charge in [-0.1, -0.05) is 48.5 Å². The molecule has 0 radical (unpaired) electrons. The molecule has 7 nitrogen and oxygen atoms in total. The third-order valence-electron chi connectivity index (χ3n) is 3.66. The minimum atomic E-state index is -0.650. The molecular formula is C19H17N5O2. The van der Waals surface area contributed by atoms with Gasteiger partial charge in [-0.05, 0) is 17.7 Å². The van der Waals surface area contributed by atoms with Crippen LogP contribution in [0.4, 0.5) is 11.5 Å². The minimum Gasteiger partial charge on any atom is -0.347 e. The predicted molar refractivity (Wildman–Crippen MR) is 99.7 cm³/mol. The summed E-state index contributed by atoms with van der Waals surface area (Å²) >= 11 is 0. The molecule has 4 N–H and O–H groups in total. The molecule has 1 heterocycles. The molecule has 0 aliphatic carbocycles. The van der Waals surface area contributed by atoms with E-state index in [4.69, 9.17) is 5.41 Å². The maximum Gasteiger partial charge on any atom is 0.270 e. The highest BCUT2D eigenvalue weighted by Gasteiger charge is 2.20. The van der Waals surface area contributed by atoms with E-state index in [0.717, 1.165) is 5.56 Å². The summed E-state index contributed by atoms with van der Waals surface area (Å²) < 4.78 is 0. The number of carbonyl (C=O) groups excluding carboxylic acids is 1. The normalized spacial score (nSPS) is 10.2. The highest BCUT2D eigenvalue weighted by atomic mass is 16.2. The first kappa shape index (κ1) is 17.1. The number of anilines is 2. The van der Waals surface area contributed by atoms with Crippen molar-refractivity contribution in [1.29, 1.82) is 5.41 Å². The summed E-state index contributed by atoms with van der Waals surface area (Å²) in [5.41, 5.74) is 0.481. The van der Waals surface area contributed by atoms with Crippen molar-refractivity contribution < 1.29 is 4.79 Å². The molecule has 130 valence electrons. The highest BCUT2D eigenvalue weighted by Crippen LogP contribution is 2.15. The number of hydrogen-bond donors (Lipinski definition) is 4. The second kappa shape index (κ2) is 7.89. The van der Waals surface area contributed by atoms with Gasteiger partial charge in [-0.3, -0.25) is 15.0 Å². The van der Waals surface area contributed by atoms with Crippen LogP contribution in [0.2, 0.25) is 0 Å². The molecule has 0 saturated carbocycles. The Bertz CT molecular complexity index is 968. The van der Waals surface area contributed by atoms with E-state index < -0.39 is 17.2 Å². The SMILES string of the molecule is N=C(C(=O)NCc1ccccc1)c1c(Nc2ccccc2)nc[nH]c1=O. The van der Waals surface area contributed by atoms with Crippen molar-refractivity contribution in [3.05, 3.63) is 88.5 Å². The lowest BCUT2D eigenvalue weighted by Gasteiger charge is -2.11. The fraction of sp³-hybridized carbons (Fsp3) is 0.0526. The average Bonchev–Trinajstić information content (AvgIpc) is 2.67. The zero-order valence-corrected chi connectivity index (χ0v) is 13.8. The van der Waals surface area contributed by atoms with E-state index in [2.05, 4.69) is 20.6 Å². The number of carbonyl (C=O) groups is 1. The molecule has 7 heteroatoms. The number of rotatable bonds is 6. The minimum absolute atomic E-state index is 0.109. The first-order valence-corrected chi connectivity index (χ1v) is 7.96. The number of amides is 1. The van der Waals surface area contributed by atoms with Crippen molar-refractivity contribution in [2.24, 2.45) is 0 Å². The summed E-state index contributed by atoms with van der Waals surface area (Å²) in [5, 5.41) is 13.8. The molecule has 0 saturated heterocycles. The van der Waals surface area contributed by atoms with Gasteiger partial charge >= 0.3 is 0 Å². The second-order valence-corrected chi connectivity index (χ2v) is 5.49. The lowest BCUT2D eigenvalue weighted by molar-refractivity contribution is -0.114. The summed E-state index contributed by atoms with van der Waals surface area (Å²) in [6, 6.07) is 18.4. The average molecular weight is 347 g/mol. The van der Waals surface area contributed by atoms with Crippen LogP contribution in [0.25, 0.3) is 0 Å². The van der Waals surface area contributed by atoms with E-state index in [1.807, 2.05) is 48.5 Å². The van der Waals surface area contributed by atoms with Gasteiger partial charge < -0.3 is 15.6 Å². The molecule has 0 atom stereocenters. The zero-order chi connectivity index (χ0) is 18.4. The molecule has 26 heavy (non-hydrogen) atoms. The van der Waals surface area contributed by atoms with Crippen LogP contribution in [-0.4, -0.2) is 21.6 Å². The van der Waals surface area contributed by atoms with Crippen LogP contribution in [0.15, 0.2) is 71.8 Å². The first-order valence-electron chi connectivity index (χ1n) is 7.96. The molecule has 0 fully saturated rings. The molecule has 0 spiro atoms. The molecule has 3 aromatic rings. The van der Waals surface area contributed by atoms with E-state index >= 15 is 0 Å². The number of H-pyrrole nitrogens is 1. The Morgan fingerprint density at radius 1 is 1.04 bits per heavy atom. The highest BCUT2D eigenvalue weighted by molar-refractivity contribution is 6.45. The van der Waals surface area contributed by atoms with E-state index in [1.54, 1.807) is 12.1 Å². The van der Waals surface area contributed by atoms with Crippen molar-refractivity contribution in [3.63, 3.8) is 0 Å². The van der Waals surface area contributed by atoms with Gasteiger partial charge in [0.15, 0.2) is 0 Å². The molecule has 3 rings (SSSR count). The van der Waals surface area contributed by atoms with Crippen molar-refractivity contribution >= 4 is 23.1 Å². The molecule has 2 aromatic carbocycles. The van der Waals surface area contributed by atoms with Crippen LogP contribution in [0.5, 0.6) is 0 Å². The standard InChI is InChI=1S/C19H17N5O2/c20-16(19(26)21-11-13-7-3-1-4-8-13)15-17(22-12-23-18(15)25)24-14-9-5-2-6-10-14/h1-10,12,20H,11H2,(H,21,26)(H2,22,23,24,25). The van der Waals surface area contributed by atoms with Gasteiger partial charge in [-0.15, -0.1) is 0 Å².